The highest BCUT2D eigenvalue weighted by atomic mass is 79.9. The number of nitrogens with zero attached hydrogens (tertiary/aromatic N) is 1. The number of benzene rings is 2. The summed E-state index contributed by atoms with van der Waals surface area (Å²) in [4.78, 5) is 11.9. The van der Waals surface area contributed by atoms with Crippen molar-refractivity contribution in [2.45, 2.75) is 13.8 Å². The molecule has 0 fully saturated rings. The molecule has 1 N–H and O–H groups in total. The first-order valence-corrected chi connectivity index (χ1v) is 9.42. The number of nitrogens with one attached hydrogen (secondary N) is 1. The van der Waals surface area contributed by atoms with Crippen molar-refractivity contribution in [2.24, 2.45) is 5.10 Å². The molecule has 4 nitrogen and oxygen atoms in total. The van der Waals surface area contributed by atoms with Crippen molar-refractivity contribution in [2.75, 3.05) is 6.61 Å². The highest BCUT2D eigenvalue weighted by Gasteiger charge is 2.10. The van der Waals surface area contributed by atoms with Gasteiger partial charge in [0.1, 0.15) is 5.75 Å². The maximum Gasteiger partial charge on any atom is 0.277 e. The van der Waals surface area contributed by atoms with E-state index in [0.29, 0.717) is 11.5 Å². The van der Waals surface area contributed by atoms with Gasteiger partial charge in [-0.2, -0.15) is 5.10 Å². The maximum absolute atomic E-state index is 11.9. The molecule has 1 amide bonds. The van der Waals surface area contributed by atoms with Crippen molar-refractivity contribution >= 4 is 59.4 Å². The summed E-state index contributed by atoms with van der Waals surface area (Å²) in [7, 11) is 0. The third kappa shape index (κ3) is 5.43. The van der Waals surface area contributed by atoms with E-state index in [9.17, 15) is 4.79 Å². The van der Waals surface area contributed by atoms with Crippen LogP contribution in [-0.2, 0) is 4.79 Å². The van der Waals surface area contributed by atoms with E-state index < -0.39 is 0 Å². The summed E-state index contributed by atoms with van der Waals surface area (Å²) in [6.07, 6.45) is 0. The van der Waals surface area contributed by atoms with Gasteiger partial charge in [-0.15, -0.1) is 0 Å². The predicted octanol–water partition coefficient (Wildman–Crippen LogP) is 5.20. The molecule has 2 aromatic rings. The second-order valence-electron chi connectivity index (χ2n) is 5.09. The van der Waals surface area contributed by atoms with Crippen molar-refractivity contribution in [1.29, 1.82) is 0 Å². The third-order valence-corrected chi connectivity index (χ3v) is 4.81. The molecular weight excluding hydrogens is 504 g/mol. The van der Waals surface area contributed by atoms with Crippen molar-refractivity contribution in [3.8, 4) is 5.75 Å². The van der Waals surface area contributed by atoms with E-state index in [-0.39, 0.29) is 12.5 Å². The van der Waals surface area contributed by atoms with Crippen molar-refractivity contribution in [3.63, 3.8) is 0 Å². The Kier molecular flexibility index (Phi) is 7.01. The zero-order valence-corrected chi connectivity index (χ0v) is 17.8. The Hall–Kier alpha value is -1.18. The molecule has 0 saturated heterocycles. The van der Waals surface area contributed by atoms with Crippen molar-refractivity contribution in [1.82, 2.24) is 5.43 Å². The fourth-order valence-electron chi connectivity index (χ4n) is 1.90. The van der Waals surface area contributed by atoms with E-state index in [1.165, 1.54) is 0 Å². The molecule has 0 bridgehead atoms. The zero-order chi connectivity index (χ0) is 17.7. The second kappa shape index (κ2) is 8.78. The Morgan fingerprint density at radius 2 is 1.71 bits per heavy atom. The van der Waals surface area contributed by atoms with Gasteiger partial charge in [-0.3, -0.25) is 4.79 Å². The average Bonchev–Trinajstić information content (AvgIpc) is 2.52. The van der Waals surface area contributed by atoms with Crippen LogP contribution in [0.15, 0.2) is 54.9 Å². The van der Waals surface area contributed by atoms with E-state index in [1.807, 2.05) is 50.2 Å². The Balaban J connectivity index is 1.94. The number of hydrogen-bond donors (Lipinski definition) is 1. The zero-order valence-electron chi connectivity index (χ0n) is 13.1. The molecule has 0 aliphatic carbocycles. The quantitative estimate of drug-likeness (QED) is 0.437. The Morgan fingerprint density at radius 1 is 1.12 bits per heavy atom. The highest BCUT2D eigenvalue weighted by molar-refractivity contribution is 9.11. The van der Waals surface area contributed by atoms with Crippen LogP contribution in [0.4, 0.5) is 0 Å². The maximum atomic E-state index is 11.9. The van der Waals surface area contributed by atoms with E-state index in [4.69, 9.17) is 4.74 Å². The van der Waals surface area contributed by atoms with Crippen LogP contribution in [0, 0.1) is 6.92 Å². The van der Waals surface area contributed by atoms with Gasteiger partial charge in [-0.1, -0.05) is 28.1 Å². The van der Waals surface area contributed by atoms with Gasteiger partial charge >= 0.3 is 0 Å². The Bertz CT molecular complexity index is 751. The molecule has 0 aliphatic rings. The molecule has 0 spiro atoms. The van der Waals surface area contributed by atoms with Gasteiger partial charge in [0.2, 0.25) is 0 Å². The van der Waals surface area contributed by atoms with E-state index in [2.05, 4.69) is 58.3 Å². The Morgan fingerprint density at radius 3 is 2.29 bits per heavy atom. The normalized spacial score (nSPS) is 11.3. The summed E-state index contributed by atoms with van der Waals surface area (Å²) < 4.78 is 8.13. The van der Waals surface area contributed by atoms with E-state index >= 15 is 0 Å². The second-order valence-corrected chi connectivity index (χ2v) is 7.71. The van der Waals surface area contributed by atoms with Gasteiger partial charge in [-0.25, -0.2) is 5.43 Å². The molecule has 0 aromatic heterocycles. The average molecular weight is 519 g/mol. The molecule has 0 saturated carbocycles. The SMILES string of the molecule is CC(=NNC(=O)COc1c(Br)cc(C)cc1Br)c1ccc(Br)cc1. The number of halogens is 3. The number of rotatable bonds is 5. The first-order chi connectivity index (χ1) is 11.4. The molecule has 24 heavy (non-hydrogen) atoms. The van der Waals surface area contributed by atoms with Gasteiger partial charge in [0.05, 0.1) is 14.7 Å². The van der Waals surface area contributed by atoms with Crippen molar-refractivity contribution in [3.05, 3.63) is 60.9 Å². The summed E-state index contributed by atoms with van der Waals surface area (Å²) in [5.74, 6) is 0.259. The summed E-state index contributed by atoms with van der Waals surface area (Å²) >= 11 is 10.2. The highest BCUT2D eigenvalue weighted by Crippen LogP contribution is 2.34. The molecule has 0 heterocycles. The largest absolute Gasteiger partial charge is 0.481 e. The minimum absolute atomic E-state index is 0.128. The first-order valence-electron chi connectivity index (χ1n) is 7.04. The number of amides is 1. The van der Waals surface area contributed by atoms with Crippen LogP contribution in [0.2, 0.25) is 0 Å². The summed E-state index contributed by atoms with van der Waals surface area (Å²) in [5, 5.41) is 4.09. The number of ether oxygens (including phenoxy) is 1. The van der Waals surface area contributed by atoms with Gasteiger partial charge in [-0.05, 0) is 81.1 Å². The number of hydrogen-bond acceptors (Lipinski definition) is 3. The van der Waals surface area contributed by atoms with Crippen LogP contribution in [0.25, 0.3) is 0 Å². The van der Waals surface area contributed by atoms with Gasteiger partial charge in [0, 0.05) is 4.47 Å². The van der Waals surface area contributed by atoms with Gasteiger partial charge < -0.3 is 4.74 Å². The monoisotopic (exact) mass is 516 g/mol. The molecular formula is C17H15Br3N2O2. The molecule has 0 radical (unpaired) electrons. The van der Waals surface area contributed by atoms with Crippen LogP contribution < -0.4 is 10.2 Å². The fraction of sp³-hybridized carbons (Fsp3) is 0.176. The Labute approximate surface area is 166 Å². The molecule has 2 rings (SSSR count). The molecule has 126 valence electrons. The van der Waals surface area contributed by atoms with Gasteiger partial charge in [0.15, 0.2) is 6.61 Å². The van der Waals surface area contributed by atoms with Gasteiger partial charge in [0.25, 0.3) is 5.91 Å². The fourth-order valence-corrected chi connectivity index (χ4v) is 3.80. The van der Waals surface area contributed by atoms with Crippen LogP contribution in [0.1, 0.15) is 18.1 Å². The third-order valence-electron chi connectivity index (χ3n) is 3.10. The summed E-state index contributed by atoms with van der Waals surface area (Å²) in [6, 6.07) is 11.5. The smallest absolute Gasteiger partial charge is 0.277 e. The molecule has 2 aromatic carbocycles. The lowest BCUT2D eigenvalue weighted by molar-refractivity contribution is -0.123. The topological polar surface area (TPSA) is 50.7 Å². The standard InChI is InChI=1S/C17H15Br3N2O2/c1-10-7-14(19)17(15(20)8-10)24-9-16(23)22-21-11(2)12-3-5-13(18)6-4-12/h3-8H,9H2,1-2H3,(H,22,23). The van der Waals surface area contributed by atoms with Crippen molar-refractivity contribution < 1.29 is 9.53 Å². The predicted molar refractivity (Wildman–Crippen MR) is 107 cm³/mol. The lowest BCUT2D eigenvalue weighted by Crippen LogP contribution is -2.25. The number of carbonyl (C=O) groups excluding carboxylic acids is 1. The van der Waals surface area contributed by atoms with Crippen LogP contribution in [0.5, 0.6) is 5.75 Å². The summed E-state index contributed by atoms with van der Waals surface area (Å²) in [6.45, 7) is 3.68. The molecule has 7 heteroatoms. The number of carbonyl (C=O) groups is 1. The lowest BCUT2D eigenvalue weighted by atomic mass is 10.1. The molecule has 0 unspecified atom stereocenters. The number of aryl methyl sites for hydroxylation is 1. The summed E-state index contributed by atoms with van der Waals surface area (Å²) in [5.41, 5.74) is 5.23. The minimum atomic E-state index is -0.328. The molecule has 0 atom stereocenters. The van der Waals surface area contributed by atoms with E-state index in [0.717, 1.165) is 24.5 Å². The van der Waals surface area contributed by atoms with Crippen LogP contribution in [-0.4, -0.2) is 18.2 Å². The molecule has 0 aliphatic heterocycles. The minimum Gasteiger partial charge on any atom is -0.481 e. The van der Waals surface area contributed by atoms with Crippen LogP contribution >= 0.6 is 47.8 Å². The first kappa shape index (κ1) is 19.1. The number of hydrazone groups is 1. The van der Waals surface area contributed by atoms with Crippen LogP contribution in [0.3, 0.4) is 0 Å². The van der Waals surface area contributed by atoms with E-state index in [1.54, 1.807) is 0 Å². The lowest BCUT2D eigenvalue weighted by Gasteiger charge is -2.10.